The standard InChI is InChI=1S/C19H25N3O3/c1-12-5-4-6-13(2)19(12)24-11-18-22-21-17(25-18)10-15-7-8-16(9-15)20-14(3)23/h4-6,15-16H,7-11H2,1-3H3,(H,20,23)/t15-,16+/m1/s1. The van der Waals surface area contributed by atoms with Gasteiger partial charge in [0, 0.05) is 19.4 Å². The van der Waals surface area contributed by atoms with E-state index in [0.717, 1.165) is 42.6 Å². The molecule has 1 aromatic carbocycles. The first-order valence-electron chi connectivity index (χ1n) is 8.78. The number of nitrogens with one attached hydrogen (secondary N) is 1. The van der Waals surface area contributed by atoms with E-state index in [2.05, 4.69) is 15.5 Å². The molecule has 2 atom stereocenters. The van der Waals surface area contributed by atoms with Gasteiger partial charge in [0.25, 0.3) is 5.89 Å². The maximum Gasteiger partial charge on any atom is 0.253 e. The summed E-state index contributed by atoms with van der Waals surface area (Å²) >= 11 is 0. The molecule has 2 aromatic rings. The van der Waals surface area contributed by atoms with Crippen LogP contribution in [-0.4, -0.2) is 22.1 Å². The van der Waals surface area contributed by atoms with Crippen LogP contribution in [0.5, 0.6) is 5.75 Å². The van der Waals surface area contributed by atoms with Gasteiger partial charge in [0.15, 0.2) is 6.61 Å². The molecular weight excluding hydrogens is 318 g/mol. The zero-order valence-electron chi connectivity index (χ0n) is 15.0. The highest BCUT2D eigenvalue weighted by atomic mass is 16.5. The van der Waals surface area contributed by atoms with Crippen molar-refractivity contribution in [2.24, 2.45) is 5.92 Å². The van der Waals surface area contributed by atoms with Gasteiger partial charge in [0.2, 0.25) is 11.8 Å². The summed E-state index contributed by atoms with van der Waals surface area (Å²) in [6.45, 7) is 5.88. The van der Waals surface area contributed by atoms with E-state index < -0.39 is 0 Å². The fraction of sp³-hybridized carbons (Fsp3) is 0.526. The van der Waals surface area contributed by atoms with Gasteiger partial charge in [-0.25, -0.2) is 0 Å². The van der Waals surface area contributed by atoms with E-state index in [1.807, 2.05) is 32.0 Å². The Morgan fingerprint density at radius 3 is 2.68 bits per heavy atom. The second-order valence-electron chi connectivity index (χ2n) is 6.88. The van der Waals surface area contributed by atoms with Crippen molar-refractivity contribution in [3.05, 3.63) is 41.1 Å². The molecule has 1 amide bonds. The summed E-state index contributed by atoms with van der Waals surface area (Å²) in [5.41, 5.74) is 2.18. The van der Waals surface area contributed by atoms with Gasteiger partial charge in [-0.3, -0.25) is 4.79 Å². The molecule has 134 valence electrons. The van der Waals surface area contributed by atoms with Crippen LogP contribution in [0.3, 0.4) is 0 Å². The highest BCUT2D eigenvalue weighted by Crippen LogP contribution is 2.28. The van der Waals surface area contributed by atoms with E-state index in [0.29, 0.717) is 17.7 Å². The molecule has 3 rings (SSSR count). The molecule has 1 fully saturated rings. The third kappa shape index (κ3) is 4.59. The summed E-state index contributed by atoms with van der Waals surface area (Å²) in [5.74, 6) is 2.53. The number of para-hydroxylation sites is 1. The second-order valence-corrected chi connectivity index (χ2v) is 6.88. The molecule has 0 saturated heterocycles. The molecule has 0 unspecified atom stereocenters. The van der Waals surface area contributed by atoms with Crippen LogP contribution in [0.4, 0.5) is 0 Å². The lowest BCUT2D eigenvalue weighted by molar-refractivity contribution is -0.119. The van der Waals surface area contributed by atoms with Gasteiger partial charge in [0.1, 0.15) is 5.75 Å². The minimum absolute atomic E-state index is 0.0365. The van der Waals surface area contributed by atoms with Gasteiger partial charge in [-0.2, -0.15) is 0 Å². The number of aromatic nitrogens is 2. The normalized spacial score (nSPS) is 19.8. The molecular formula is C19H25N3O3. The predicted octanol–water partition coefficient (Wildman–Crippen LogP) is 3.11. The van der Waals surface area contributed by atoms with E-state index in [-0.39, 0.29) is 18.6 Å². The van der Waals surface area contributed by atoms with Crippen LogP contribution >= 0.6 is 0 Å². The van der Waals surface area contributed by atoms with Crippen LogP contribution < -0.4 is 10.1 Å². The largest absolute Gasteiger partial charge is 0.483 e. The van der Waals surface area contributed by atoms with Crippen molar-refractivity contribution >= 4 is 5.91 Å². The van der Waals surface area contributed by atoms with Crippen molar-refractivity contribution in [3.8, 4) is 5.75 Å². The number of carbonyl (C=O) groups is 1. The summed E-state index contributed by atoms with van der Waals surface area (Å²) in [6.07, 6.45) is 3.81. The fourth-order valence-electron chi connectivity index (χ4n) is 3.52. The summed E-state index contributed by atoms with van der Waals surface area (Å²) in [7, 11) is 0. The van der Waals surface area contributed by atoms with E-state index in [9.17, 15) is 4.79 Å². The number of benzene rings is 1. The van der Waals surface area contributed by atoms with E-state index in [4.69, 9.17) is 9.15 Å². The Morgan fingerprint density at radius 2 is 1.96 bits per heavy atom. The van der Waals surface area contributed by atoms with Crippen molar-refractivity contribution in [2.45, 2.75) is 59.1 Å². The second kappa shape index (κ2) is 7.68. The molecule has 0 bridgehead atoms. The first-order valence-corrected chi connectivity index (χ1v) is 8.78. The third-order valence-corrected chi connectivity index (χ3v) is 4.67. The van der Waals surface area contributed by atoms with Crippen LogP contribution in [0.25, 0.3) is 0 Å². The molecule has 1 saturated carbocycles. The third-order valence-electron chi connectivity index (χ3n) is 4.67. The molecule has 1 aromatic heterocycles. The Morgan fingerprint density at radius 1 is 1.24 bits per heavy atom. The topological polar surface area (TPSA) is 77.2 Å². The number of nitrogens with zero attached hydrogens (tertiary/aromatic N) is 2. The SMILES string of the molecule is CC(=O)N[C@H]1CC[C@@H](Cc2nnc(COc3c(C)cccc3C)o2)C1. The highest BCUT2D eigenvalue weighted by molar-refractivity contribution is 5.73. The van der Waals surface area contributed by atoms with Crippen molar-refractivity contribution in [1.82, 2.24) is 15.5 Å². The van der Waals surface area contributed by atoms with Gasteiger partial charge in [-0.1, -0.05) is 18.2 Å². The average Bonchev–Trinajstić information content (AvgIpc) is 3.16. The van der Waals surface area contributed by atoms with Crippen molar-refractivity contribution < 1.29 is 13.9 Å². The molecule has 1 heterocycles. The average molecular weight is 343 g/mol. The zero-order chi connectivity index (χ0) is 17.8. The first-order chi connectivity index (χ1) is 12.0. The molecule has 6 heteroatoms. The van der Waals surface area contributed by atoms with Crippen molar-refractivity contribution in [1.29, 1.82) is 0 Å². The maximum absolute atomic E-state index is 11.1. The van der Waals surface area contributed by atoms with Crippen molar-refractivity contribution in [3.63, 3.8) is 0 Å². The predicted molar refractivity (Wildman–Crippen MR) is 93.2 cm³/mol. The van der Waals surface area contributed by atoms with E-state index in [1.54, 1.807) is 6.92 Å². The molecule has 0 aliphatic heterocycles. The van der Waals surface area contributed by atoms with Gasteiger partial charge in [-0.15, -0.1) is 10.2 Å². The van der Waals surface area contributed by atoms with Gasteiger partial charge in [-0.05, 0) is 50.2 Å². The molecule has 1 N–H and O–H groups in total. The Hall–Kier alpha value is -2.37. The molecule has 1 aliphatic rings. The van der Waals surface area contributed by atoms with Crippen LogP contribution in [0.1, 0.15) is 49.1 Å². The van der Waals surface area contributed by atoms with Gasteiger partial charge < -0.3 is 14.5 Å². The van der Waals surface area contributed by atoms with Crippen LogP contribution in [0, 0.1) is 19.8 Å². The van der Waals surface area contributed by atoms with Gasteiger partial charge >= 0.3 is 0 Å². The summed E-state index contributed by atoms with van der Waals surface area (Å²) < 4.78 is 11.6. The monoisotopic (exact) mass is 343 g/mol. The molecule has 6 nitrogen and oxygen atoms in total. The Balaban J connectivity index is 1.52. The van der Waals surface area contributed by atoms with Crippen molar-refractivity contribution in [2.75, 3.05) is 0 Å². The molecule has 25 heavy (non-hydrogen) atoms. The van der Waals surface area contributed by atoms with Crippen LogP contribution in [-0.2, 0) is 17.8 Å². The number of hydrogen-bond acceptors (Lipinski definition) is 5. The maximum atomic E-state index is 11.1. The number of hydrogen-bond donors (Lipinski definition) is 1. The molecule has 0 radical (unpaired) electrons. The molecule has 1 aliphatic carbocycles. The number of rotatable bonds is 6. The summed E-state index contributed by atoms with van der Waals surface area (Å²) in [5, 5.41) is 11.2. The van der Waals surface area contributed by atoms with E-state index in [1.165, 1.54) is 0 Å². The quantitative estimate of drug-likeness (QED) is 0.872. The number of aryl methyl sites for hydroxylation is 2. The lowest BCUT2D eigenvalue weighted by Crippen LogP contribution is -2.30. The van der Waals surface area contributed by atoms with Gasteiger partial charge in [0.05, 0.1) is 0 Å². The number of carbonyl (C=O) groups excluding carboxylic acids is 1. The fourth-order valence-corrected chi connectivity index (χ4v) is 3.52. The first kappa shape index (κ1) is 17.5. The number of amides is 1. The van der Waals surface area contributed by atoms with E-state index >= 15 is 0 Å². The minimum Gasteiger partial charge on any atom is -0.483 e. The van der Waals surface area contributed by atoms with Crippen LogP contribution in [0.15, 0.2) is 22.6 Å². The smallest absolute Gasteiger partial charge is 0.253 e. The lowest BCUT2D eigenvalue weighted by Gasteiger charge is -2.10. The summed E-state index contributed by atoms with van der Waals surface area (Å²) in [6, 6.07) is 6.33. The Bertz CT molecular complexity index is 721. The molecule has 0 spiro atoms. The Labute approximate surface area is 148 Å². The number of ether oxygens (including phenoxy) is 1. The Kier molecular flexibility index (Phi) is 5.36. The zero-order valence-corrected chi connectivity index (χ0v) is 15.0. The minimum atomic E-state index is 0.0365. The van der Waals surface area contributed by atoms with Crippen LogP contribution in [0.2, 0.25) is 0 Å². The summed E-state index contributed by atoms with van der Waals surface area (Å²) in [4.78, 5) is 11.1. The lowest BCUT2D eigenvalue weighted by atomic mass is 10.0. The highest BCUT2D eigenvalue weighted by Gasteiger charge is 2.26.